The highest BCUT2D eigenvalue weighted by Crippen LogP contribution is 2.21. The summed E-state index contributed by atoms with van der Waals surface area (Å²) in [7, 11) is 0. The van der Waals surface area contributed by atoms with Crippen molar-refractivity contribution in [3.63, 3.8) is 0 Å². The first-order valence-corrected chi connectivity index (χ1v) is 3.87. The highest BCUT2D eigenvalue weighted by Gasteiger charge is 2.51. The molecule has 0 fully saturated rings. The van der Waals surface area contributed by atoms with Gasteiger partial charge in [0.15, 0.2) is 5.54 Å². The van der Waals surface area contributed by atoms with Crippen LogP contribution in [0.2, 0.25) is 0 Å². The van der Waals surface area contributed by atoms with E-state index in [0.29, 0.717) is 0 Å². The second-order valence-corrected chi connectivity index (χ2v) is 3.05. The van der Waals surface area contributed by atoms with Gasteiger partial charge in [0.05, 0.1) is 9.85 Å². The van der Waals surface area contributed by atoms with Crippen LogP contribution in [0.3, 0.4) is 0 Å². The minimum Gasteiger partial charge on any atom is -0.310 e. The molecule has 0 bridgehead atoms. The van der Waals surface area contributed by atoms with Gasteiger partial charge in [-0.2, -0.15) is 0 Å². The Hall–Kier alpha value is -1.76. The minimum atomic E-state index is -2.00. The van der Waals surface area contributed by atoms with Crippen LogP contribution >= 0.6 is 0 Å². The van der Waals surface area contributed by atoms with Gasteiger partial charge in [-0.05, 0) is 6.08 Å². The molecule has 1 unspecified atom stereocenters. The summed E-state index contributed by atoms with van der Waals surface area (Å²) in [5.41, 5.74) is 4.06. The third-order valence-corrected chi connectivity index (χ3v) is 2.01. The first kappa shape index (κ1) is 10.3. The van der Waals surface area contributed by atoms with Gasteiger partial charge in [-0.15, -0.1) is 0 Å². The number of hydrogen-bond donors (Lipinski definition) is 1. The molecule has 0 aromatic rings. The lowest BCUT2D eigenvalue weighted by atomic mass is 9.89. The van der Waals surface area contributed by atoms with E-state index >= 15 is 0 Å². The molecule has 0 spiro atoms. The van der Waals surface area contributed by atoms with Gasteiger partial charge in [0, 0.05) is 6.42 Å². The zero-order chi connectivity index (χ0) is 10.8. The van der Waals surface area contributed by atoms with Crippen molar-refractivity contribution >= 4 is 0 Å². The highest BCUT2D eigenvalue weighted by molar-refractivity contribution is 5.20. The molecule has 2 N–H and O–H groups in total. The monoisotopic (exact) mass is 199 g/mol. The van der Waals surface area contributed by atoms with Gasteiger partial charge in [-0.3, -0.25) is 20.2 Å². The second kappa shape index (κ2) is 3.54. The molecular weight excluding hydrogens is 190 g/mol. The Labute approximate surface area is 79.2 Å². The standard InChI is InChI=1S/C7H9N3O4/c8-7(4-2-1-3-5-7)6(9(11)12)10(13)14/h1-4,6H,5,8H2. The number of nitrogens with zero attached hydrogens (tertiary/aromatic N) is 2. The van der Waals surface area contributed by atoms with Gasteiger partial charge in [-0.1, -0.05) is 18.2 Å². The minimum absolute atomic E-state index is 0.0934. The van der Waals surface area contributed by atoms with Crippen LogP contribution in [0.4, 0.5) is 0 Å². The van der Waals surface area contributed by atoms with E-state index in [9.17, 15) is 20.2 Å². The summed E-state index contributed by atoms with van der Waals surface area (Å²) in [5, 5.41) is 20.9. The van der Waals surface area contributed by atoms with E-state index in [0.717, 1.165) is 0 Å². The zero-order valence-electron chi connectivity index (χ0n) is 7.20. The SMILES string of the molecule is NC1(C([N+](=O)[O-])[N+](=O)[O-])C=CC=CC1. The van der Waals surface area contributed by atoms with E-state index in [1.54, 1.807) is 12.2 Å². The van der Waals surface area contributed by atoms with Crippen molar-refractivity contribution < 1.29 is 9.85 Å². The average Bonchev–Trinajstić information content (AvgIpc) is 2.02. The molecule has 1 aliphatic carbocycles. The van der Waals surface area contributed by atoms with Crippen molar-refractivity contribution in [3.05, 3.63) is 44.5 Å². The molecule has 0 radical (unpaired) electrons. The Morgan fingerprint density at radius 2 is 1.86 bits per heavy atom. The fourth-order valence-electron chi connectivity index (χ4n) is 1.31. The molecule has 0 aliphatic heterocycles. The van der Waals surface area contributed by atoms with Crippen molar-refractivity contribution in [2.75, 3.05) is 0 Å². The molecule has 0 aromatic carbocycles. The van der Waals surface area contributed by atoms with Crippen LogP contribution in [0.15, 0.2) is 24.3 Å². The summed E-state index contributed by atoms with van der Waals surface area (Å²) >= 11 is 0. The van der Waals surface area contributed by atoms with Crippen LogP contribution in [-0.2, 0) is 0 Å². The molecule has 0 heterocycles. The van der Waals surface area contributed by atoms with E-state index in [-0.39, 0.29) is 6.42 Å². The number of rotatable bonds is 3. The van der Waals surface area contributed by atoms with E-state index in [4.69, 9.17) is 5.73 Å². The Morgan fingerprint density at radius 1 is 1.29 bits per heavy atom. The summed E-state index contributed by atoms with van der Waals surface area (Å²) in [6.07, 6.45) is 4.08. The number of allylic oxidation sites excluding steroid dienone is 2. The molecule has 1 aliphatic rings. The molecule has 0 amide bonds. The predicted octanol–water partition coefficient (Wildman–Crippen LogP) is 0.0795. The first-order valence-electron chi connectivity index (χ1n) is 3.87. The maximum Gasteiger partial charge on any atom is 0.471 e. The Balaban J connectivity index is 2.98. The first-order chi connectivity index (χ1) is 6.47. The van der Waals surface area contributed by atoms with Gasteiger partial charge in [0.2, 0.25) is 0 Å². The smallest absolute Gasteiger partial charge is 0.310 e. The number of nitrogens with two attached hydrogens (primary N) is 1. The van der Waals surface area contributed by atoms with E-state index < -0.39 is 21.6 Å². The van der Waals surface area contributed by atoms with Gasteiger partial charge >= 0.3 is 6.17 Å². The van der Waals surface area contributed by atoms with Crippen LogP contribution in [-0.4, -0.2) is 21.6 Å². The van der Waals surface area contributed by atoms with Crippen molar-refractivity contribution in [1.29, 1.82) is 0 Å². The lowest BCUT2D eigenvalue weighted by Gasteiger charge is -2.22. The fourth-order valence-corrected chi connectivity index (χ4v) is 1.31. The van der Waals surface area contributed by atoms with Crippen LogP contribution in [0, 0.1) is 20.2 Å². The van der Waals surface area contributed by atoms with E-state index in [1.165, 1.54) is 12.2 Å². The van der Waals surface area contributed by atoms with Crippen LogP contribution < -0.4 is 5.73 Å². The lowest BCUT2D eigenvalue weighted by molar-refractivity contribution is -0.750. The Morgan fingerprint density at radius 3 is 2.21 bits per heavy atom. The number of nitro groups is 2. The van der Waals surface area contributed by atoms with E-state index in [2.05, 4.69) is 0 Å². The third-order valence-electron chi connectivity index (χ3n) is 2.01. The molecule has 1 rings (SSSR count). The summed E-state index contributed by atoms with van der Waals surface area (Å²) in [6, 6.07) is 0. The van der Waals surface area contributed by atoms with Gasteiger partial charge in [0.25, 0.3) is 0 Å². The second-order valence-electron chi connectivity index (χ2n) is 3.05. The zero-order valence-corrected chi connectivity index (χ0v) is 7.20. The van der Waals surface area contributed by atoms with Crippen LogP contribution in [0.5, 0.6) is 0 Å². The lowest BCUT2D eigenvalue weighted by Crippen LogP contribution is -2.56. The maximum absolute atomic E-state index is 10.5. The third kappa shape index (κ3) is 1.77. The molecular formula is C7H9N3O4. The van der Waals surface area contributed by atoms with E-state index in [1.807, 2.05) is 0 Å². The Kier molecular flexibility index (Phi) is 2.61. The van der Waals surface area contributed by atoms with Gasteiger partial charge in [-0.25, -0.2) is 0 Å². The summed E-state index contributed by atoms with van der Waals surface area (Å²) < 4.78 is 0. The van der Waals surface area contributed by atoms with Crippen molar-refractivity contribution in [2.24, 2.45) is 5.73 Å². The van der Waals surface area contributed by atoms with Crippen molar-refractivity contribution in [1.82, 2.24) is 0 Å². The largest absolute Gasteiger partial charge is 0.471 e. The topological polar surface area (TPSA) is 112 Å². The summed E-state index contributed by atoms with van der Waals surface area (Å²) in [6.45, 7) is 0. The summed E-state index contributed by atoms with van der Waals surface area (Å²) in [5.74, 6) is 0. The van der Waals surface area contributed by atoms with Crippen molar-refractivity contribution in [3.8, 4) is 0 Å². The highest BCUT2D eigenvalue weighted by atomic mass is 16.7. The number of hydrogen-bond acceptors (Lipinski definition) is 5. The quantitative estimate of drug-likeness (QED) is 0.393. The van der Waals surface area contributed by atoms with Gasteiger partial charge < -0.3 is 5.73 Å². The van der Waals surface area contributed by atoms with Gasteiger partial charge in [0.1, 0.15) is 0 Å². The molecule has 0 saturated heterocycles. The molecule has 7 nitrogen and oxygen atoms in total. The fraction of sp³-hybridized carbons (Fsp3) is 0.429. The summed E-state index contributed by atoms with van der Waals surface area (Å²) in [4.78, 5) is 19.0. The molecule has 76 valence electrons. The maximum atomic E-state index is 10.5. The van der Waals surface area contributed by atoms with Crippen molar-refractivity contribution in [2.45, 2.75) is 18.1 Å². The molecule has 0 aromatic heterocycles. The van der Waals surface area contributed by atoms with Crippen LogP contribution in [0.25, 0.3) is 0 Å². The predicted molar refractivity (Wildman–Crippen MR) is 47.6 cm³/mol. The molecule has 7 heteroatoms. The average molecular weight is 199 g/mol. The normalized spacial score (nSPS) is 25.3. The molecule has 14 heavy (non-hydrogen) atoms. The van der Waals surface area contributed by atoms with Crippen LogP contribution in [0.1, 0.15) is 6.42 Å². The molecule has 1 atom stereocenters. The Bertz CT molecular complexity index is 311. The molecule has 0 saturated carbocycles.